The third kappa shape index (κ3) is 5.63. The lowest BCUT2D eigenvalue weighted by Gasteiger charge is -2.38. The predicted molar refractivity (Wildman–Crippen MR) is 127 cm³/mol. The summed E-state index contributed by atoms with van der Waals surface area (Å²) in [6.07, 6.45) is -0.0112. The molecule has 0 bridgehead atoms. The van der Waals surface area contributed by atoms with Crippen LogP contribution in [-0.2, 0) is 9.16 Å². The Bertz CT molecular complexity index is 878. The van der Waals surface area contributed by atoms with Crippen LogP contribution in [0.25, 0.3) is 0 Å². The predicted octanol–water partition coefficient (Wildman–Crippen LogP) is 4.67. The highest BCUT2D eigenvalue weighted by Crippen LogP contribution is 2.38. The van der Waals surface area contributed by atoms with Gasteiger partial charge in [0.2, 0.25) is 0 Å². The fourth-order valence-corrected chi connectivity index (χ4v) is 4.30. The van der Waals surface area contributed by atoms with E-state index in [2.05, 4.69) is 45.8 Å². The van der Waals surface area contributed by atoms with Crippen molar-refractivity contribution in [3.8, 4) is 11.5 Å². The molecule has 1 aliphatic heterocycles. The zero-order valence-electron chi connectivity index (χ0n) is 20.5. The van der Waals surface area contributed by atoms with Gasteiger partial charge in [-0.2, -0.15) is 0 Å². The average Bonchev–Trinajstić information content (AvgIpc) is 3.11. The summed E-state index contributed by atoms with van der Waals surface area (Å²) >= 11 is 0. The fourth-order valence-electron chi connectivity index (χ4n) is 3.26. The molecule has 8 nitrogen and oxygen atoms in total. The summed E-state index contributed by atoms with van der Waals surface area (Å²) < 4.78 is 21.8. The molecule has 0 unspecified atom stereocenters. The van der Waals surface area contributed by atoms with E-state index in [1.807, 2.05) is 0 Å². The molecular weight excluding hydrogens is 428 g/mol. The molecule has 1 saturated heterocycles. The number of rotatable bonds is 7. The number of hydrogen-bond donors (Lipinski definition) is 1. The number of ether oxygens (including phenoxy) is 3. The van der Waals surface area contributed by atoms with Gasteiger partial charge in [-0.25, -0.2) is 4.79 Å². The number of anilines is 1. The highest BCUT2D eigenvalue weighted by atomic mass is 28.4. The van der Waals surface area contributed by atoms with Crippen LogP contribution < -0.4 is 14.8 Å². The topological polar surface area (TPSA) is 86.3 Å². The first-order valence-corrected chi connectivity index (χ1v) is 13.5. The molecule has 1 aromatic carbocycles. The molecule has 1 atom stereocenters. The largest absolute Gasteiger partial charge is 0.493 e. The highest BCUT2D eigenvalue weighted by Gasteiger charge is 2.40. The molecule has 1 heterocycles. The van der Waals surface area contributed by atoms with Gasteiger partial charge in [0.05, 0.1) is 45.2 Å². The second-order valence-electron chi connectivity index (χ2n) is 9.48. The summed E-state index contributed by atoms with van der Waals surface area (Å²) in [7, 11) is 2.26. The van der Waals surface area contributed by atoms with Gasteiger partial charge in [-0.05, 0) is 30.6 Å². The molecule has 0 radical (unpaired) electrons. The third-order valence-corrected chi connectivity index (χ3v) is 10.7. The fraction of sp³-hybridized carbons (Fsp3) is 0.565. The number of likely N-dealkylation sites (tertiary alicyclic amines) is 1. The second kappa shape index (κ2) is 9.95. The number of nitrogens with one attached hydrogen (secondary N) is 1. The number of carbonyl (C=O) groups is 2. The minimum atomic E-state index is -1.98. The maximum absolute atomic E-state index is 13.6. The zero-order chi connectivity index (χ0) is 24.3. The summed E-state index contributed by atoms with van der Waals surface area (Å²) in [6.45, 7) is 15.9. The van der Waals surface area contributed by atoms with Gasteiger partial charge >= 0.3 is 6.09 Å². The molecule has 2 amide bonds. The molecule has 1 aromatic rings. The molecule has 0 aliphatic carbocycles. The number of amides is 2. The minimum absolute atomic E-state index is 0.0679. The standard InChI is InChI=1S/C23H36N2O6Si/c1-15-10-16(14-31-32(8,9)23(2,3)4)25(13-15)21(26)17-11-19(28-5)20(29-6)12-18(17)24-22(27)30-7/h11-12,16H,1,10,13-14H2,2-9H3,(H,24,27)/t16-/m0/s1. The average molecular weight is 465 g/mol. The van der Waals surface area contributed by atoms with E-state index in [0.29, 0.717) is 31.1 Å². The van der Waals surface area contributed by atoms with E-state index in [-0.39, 0.29) is 28.2 Å². The molecule has 0 aromatic heterocycles. The first kappa shape index (κ1) is 25.7. The lowest BCUT2D eigenvalue weighted by Crippen LogP contribution is -2.46. The summed E-state index contributed by atoms with van der Waals surface area (Å²) in [6, 6.07) is 2.98. The Balaban J connectivity index is 2.38. The van der Waals surface area contributed by atoms with Crippen LogP contribution in [0, 0.1) is 0 Å². The number of methoxy groups -OCH3 is 3. The lowest BCUT2D eigenvalue weighted by atomic mass is 10.1. The Kier molecular flexibility index (Phi) is 8.00. The van der Waals surface area contributed by atoms with Crippen LogP contribution in [0.2, 0.25) is 18.1 Å². The quantitative estimate of drug-likeness (QED) is 0.466. The van der Waals surface area contributed by atoms with E-state index in [0.717, 1.165) is 5.57 Å². The van der Waals surface area contributed by atoms with Crippen molar-refractivity contribution in [3.05, 3.63) is 29.8 Å². The lowest BCUT2D eigenvalue weighted by molar-refractivity contribution is 0.0686. The van der Waals surface area contributed by atoms with E-state index in [9.17, 15) is 9.59 Å². The summed E-state index contributed by atoms with van der Waals surface area (Å²) in [5, 5.41) is 2.67. The monoisotopic (exact) mass is 464 g/mol. The summed E-state index contributed by atoms with van der Waals surface area (Å²) in [5.41, 5.74) is 1.52. The van der Waals surface area contributed by atoms with Crippen LogP contribution in [0.5, 0.6) is 11.5 Å². The van der Waals surface area contributed by atoms with Crippen molar-refractivity contribution >= 4 is 26.0 Å². The first-order chi connectivity index (χ1) is 14.8. The Morgan fingerprint density at radius 2 is 1.75 bits per heavy atom. The van der Waals surface area contributed by atoms with Crippen molar-refractivity contribution in [2.45, 2.75) is 51.4 Å². The van der Waals surface area contributed by atoms with Crippen molar-refractivity contribution in [3.63, 3.8) is 0 Å². The molecule has 32 heavy (non-hydrogen) atoms. The smallest absolute Gasteiger partial charge is 0.411 e. The van der Waals surface area contributed by atoms with E-state index in [4.69, 9.17) is 18.6 Å². The molecule has 178 valence electrons. The summed E-state index contributed by atoms with van der Waals surface area (Å²) in [4.78, 5) is 27.3. The Morgan fingerprint density at radius 1 is 1.16 bits per heavy atom. The molecular formula is C23H36N2O6Si. The number of nitrogens with zero attached hydrogens (tertiary/aromatic N) is 1. The van der Waals surface area contributed by atoms with Crippen molar-refractivity contribution in [1.29, 1.82) is 0 Å². The Hall–Kier alpha value is -2.52. The molecule has 0 saturated carbocycles. The van der Waals surface area contributed by atoms with Gasteiger partial charge in [-0.3, -0.25) is 10.1 Å². The normalized spacial score (nSPS) is 16.7. The van der Waals surface area contributed by atoms with Crippen molar-refractivity contribution in [1.82, 2.24) is 4.90 Å². The van der Waals surface area contributed by atoms with Crippen molar-refractivity contribution in [2.75, 3.05) is 39.8 Å². The maximum Gasteiger partial charge on any atom is 0.411 e. The van der Waals surface area contributed by atoms with E-state index < -0.39 is 14.4 Å². The number of carbonyl (C=O) groups excluding carboxylic acids is 2. The SMILES string of the molecule is C=C1C[C@@H](CO[Si](C)(C)C(C)(C)C)N(C(=O)c2cc(OC)c(OC)cc2NC(=O)OC)C1. The Labute approximate surface area is 192 Å². The van der Waals surface area contributed by atoms with Gasteiger partial charge in [0, 0.05) is 12.6 Å². The molecule has 0 spiro atoms. The van der Waals surface area contributed by atoms with Gasteiger partial charge in [0.15, 0.2) is 19.8 Å². The molecule has 1 N–H and O–H groups in total. The van der Waals surface area contributed by atoms with E-state index >= 15 is 0 Å². The maximum atomic E-state index is 13.6. The van der Waals surface area contributed by atoms with Gasteiger partial charge in [0.25, 0.3) is 5.91 Å². The number of hydrogen-bond acceptors (Lipinski definition) is 6. The van der Waals surface area contributed by atoms with Crippen molar-refractivity contribution < 1.29 is 28.2 Å². The molecule has 1 aliphatic rings. The Morgan fingerprint density at radius 3 is 2.28 bits per heavy atom. The van der Waals surface area contributed by atoms with Gasteiger partial charge in [-0.1, -0.05) is 32.9 Å². The van der Waals surface area contributed by atoms with E-state index in [1.165, 1.54) is 21.3 Å². The molecule has 1 fully saturated rings. The van der Waals surface area contributed by atoms with Crippen LogP contribution in [0.3, 0.4) is 0 Å². The van der Waals surface area contributed by atoms with Crippen LogP contribution in [0.4, 0.5) is 10.5 Å². The van der Waals surface area contributed by atoms with Crippen LogP contribution in [-0.4, -0.2) is 65.7 Å². The van der Waals surface area contributed by atoms with Crippen LogP contribution in [0.1, 0.15) is 37.6 Å². The second-order valence-corrected chi connectivity index (χ2v) is 14.3. The van der Waals surface area contributed by atoms with Gasteiger partial charge in [0.1, 0.15) is 0 Å². The zero-order valence-corrected chi connectivity index (χ0v) is 21.5. The van der Waals surface area contributed by atoms with E-state index in [1.54, 1.807) is 17.0 Å². The third-order valence-electron chi connectivity index (χ3n) is 6.24. The summed E-state index contributed by atoms with van der Waals surface area (Å²) in [5.74, 6) is 0.525. The van der Waals surface area contributed by atoms with Crippen LogP contribution in [0.15, 0.2) is 24.3 Å². The van der Waals surface area contributed by atoms with Gasteiger partial charge < -0.3 is 23.5 Å². The highest BCUT2D eigenvalue weighted by molar-refractivity contribution is 6.74. The molecule has 2 rings (SSSR count). The van der Waals surface area contributed by atoms with Crippen molar-refractivity contribution in [2.24, 2.45) is 0 Å². The number of benzene rings is 1. The van der Waals surface area contributed by atoms with Crippen LogP contribution >= 0.6 is 0 Å². The minimum Gasteiger partial charge on any atom is -0.493 e. The first-order valence-electron chi connectivity index (χ1n) is 10.6. The molecule has 9 heteroatoms. The van der Waals surface area contributed by atoms with Gasteiger partial charge in [-0.15, -0.1) is 0 Å².